The summed E-state index contributed by atoms with van der Waals surface area (Å²) in [6, 6.07) is 0. The van der Waals surface area contributed by atoms with Crippen LogP contribution in [0.4, 0.5) is 0 Å². The summed E-state index contributed by atoms with van der Waals surface area (Å²) in [7, 11) is 0. The van der Waals surface area contributed by atoms with Gasteiger partial charge < -0.3 is 9.47 Å². The summed E-state index contributed by atoms with van der Waals surface area (Å²) in [5, 5.41) is 0. The zero-order valence-corrected chi connectivity index (χ0v) is 15.9. The second-order valence-electron chi connectivity index (χ2n) is 8.10. The average Bonchev–Trinajstić information content (AvgIpc) is 2.68. The van der Waals surface area contributed by atoms with Crippen LogP contribution in [0.2, 0.25) is 0 Å². The van der Waals surface area contributed by atoms with Crippen molar-refractivity contribution in [1.82, 2.24) is 0 Å². The monoisotopic (exact) mass is 326 g/mol. The lowest BCUT2D eigenvalue weighted by Gasteiger charge is -2.40. The Bertz CT molecular complexity index is 425. The molecule has 4 heteroatoms. The van der Waals surface area contributed by atoms with E-state index in [2.05, 4.69) is 0 Å². The van der Waals surface area contributed by atoms with Crippen molar-refractivity contribution >= 4 is 11.8 Å². The zero-order chi connectivity index (χ0) is 17.8. The van der Waals surface area contributed by atoms with Gasteiger partial charge in [-0.25, -0.2) is 0 Å². The van der Waals surface area contributed by atoms with Gasteiger partial charge in [-0.05, 0) is 32.1 Å². The van der Waals surface area contributed by atoms with Crippen molar-refractivity contribution in [3.63, 3.8) is 0 Å². The highest BCUT2D eigenvalue weighted by Gasteiger charge is 2.58. The molecule has 1 aliphatic carbocycles. The van der Waals surface area contributed by atoms with Crippen molar-refractivity contribution in [3.8, 4) is 0 Å². The van der Waals surface area contributed by atoms with Crippen molar-refractivity contribution in [2.45, 2.75) is 73.8 Å². The Labute approximate surface area is 141 Å². The highest BCUT2D eigenvalue weighted by Crippen LogP contribution is 2.57. The lowest BCUT2D eigenvalue weighted by Crippen LogP contribution is -2.44. The highest BCUT2D eigenvalue weighted by molar-refractivity contribution is 5.89. The predicted octanol–water partition coefficient (Wildman–Crippen LogP) is 4.01. The fraction of sp³-hybridized carbons (Fsp3) is 0.895. The molecule has 0 heterocycles. The molecule has 0 unspecified atom stereocenters. The van der Waals surface area contributed by atoms with Crippen molar-refractivity contribution in [2.75, 3.05) is 13.2 Å². The first-order valence-electron chi connectivity index (χ1n) is 8.86. The van der Waals surface area contributed by atoms with Crippen LogP contribution in [0.5, 0.6) is 0 Å². The van der Waals surface area contributed by atoms with E-state index in [0.717, 1.165) is 12.8 Å². The second-order valence-corrected chi connectivity index (χ2v) is 8.10. The van der Waals surface area contributed by atoms with Crippen LogP contribution in [0.3, 0.4) is 0 Å². The molecule has 0 saturated heterocycles. The topological polar surface area (TPSA) is 52.6 Å². The zero-order valence-electron chi connectivity index (χ0n) is 15.9. The van der Waals surface area contributed by atoms with Gasteiger partial charge in [-0.1, -0.05) is 34.6 Å². The largest absolute Gasteiger partial charge is 0.465 e. The van der Waals surface area contributed by atoms with Crippen LogP contribution >= 0.6 is 0 Å². The third kappa shape index (κ3) is 4.34. The molecule has 0 bridgehead atoms. The van der Waals surface area contributed by atoms with Crippen LogP contribution in [0.1, 0.15) is 67.7 Å². The number of rotatable bonds is 8. The van der Waals surface area contributed by atoms with Gasteiger partial charge in [0.25, 0.3) is 0 Å². The summed E-state index contributed by atoms with van der Waals surface area (Å²) in [5.41, 5.74) is -0.828. The summed E-state index contributed by atoms with van der Waals surface area (Å²) >= 11 is 0. The fourth-order valence-electron chi connectivity index (χ4n) is 3.64. The molecule has 0 aromatic heterocycles. The number of esters is 1. The number of Topliss-reactive ketones (excluding diaryl/α,β-unsaturated/α-hetero) is 1. The van der Waals surface area contributed by atoms with Crippen molar-refractivity contribution in [3.05, 3.63) is 0 Å². The van der Waals surface area contributed by atoms with E-state index in [0.29, 0.717) is 19.6 Å². The van der Waals surface area contributed by atoms with E-state index in [1.807, 2.05) is 48.5 Å². The number of carbonyl (C=O) groups is 2. The Morgan fingerprint density at radius 2 is 1.70 bits per heavy atom. The molecule has 0 aromatic rings. The van der Waals surface area contributed by atoms with E-state index in [9.17, 15) is 9.59 Å². The quantitative estimate of drug-likeness (QED) is 0.499. The number of carbonyl (C=O) groups excluding carboxylic acids is 2. The predicted molar refractivity (Wildman–Crippen MR) is 91.1 cm³/mol. The van der Waals surface area contributed by atoms with Gasteiger partial charge in [-0.2, -0.15) is 0 Å². The standard InChI is InChI=1S/C19H34O4/c1-13(2)16(20)19(7)10-9-15(18(19,5)6)17(21)23-12-8-11-22-14(3)4/h13-15H,8-12H2,1-7H3/t15-,19+/m1/s1. The lowest BCUT2D eigenvalue weighted by atomic mass is 9.62. The van der Waals surface area contributed by atoms with Gasteiger partial charge in [0.15, 0.2) is 0 Å². The van der Waals surface area contributed by atoms with Crippen LogP contribution in [-0.4, -0.2) is 31.1 Å². The molecule has 1 aliphatic rings. The van der Waals surface area contributed by atoms with Crippen LogP contribution in [0.25, 0.3) is 0 Å². The molecule has 0 aliphatic heterocycles. The molecular weight excluding hydrogens is 292 g/mol. The van der Waals surface area contributed by atoms with E-state index >= 15 is 0 Å². The Balaban J connectivity index is 2.61. The van der Waals surface area contributed by atoms with E-state index in [1.165, 1.54) is 0 Å². The van der Waals surface area contributed by atoms with Crippen molar-refractivity contribution in [2.24, 2.45) is 22.7 Å². The summed E-state index contributed by atoms with van der Waals surface area (Å²) in [4.78, 5) is 25.1. The molecule has 0 spiro atoms. The highest BCUT2D eigenvalue weighted by atomic mass is 16.5. The van der Waals surface area contributed by atoms with Gasteiger partial charge in [-0.15, -0.1) is 0 Å². The van der Waals surface area contributed by atoms with Gasteiger partial charge in [0.1, 0.15) is 5.78 Å². The molecule has 0 aromatic carbocycles. The number of ketones is 1. The molecule has 1 saturated carbocycles. The fourth-order valence-corrected chi connectivity index (χ4v) is 3.64. The minimum absolute atomic E-state index is 0.0118. The Morgan fingerprint density at radius 1 is 1.09 bits per heavy atom. The molecule has 0 radical (unpaired) electrons. The van der Waals surface area contributed by atoms with Crippen LogP contribution in [-0.2, 0) is 19.1 Å². The van der Waals surface area contributed by atoms with E-state index in [1.54, 1.807) is 0 Å². The molecule has 134 valence electrons. The van der Waals surface area contributed by atoms with E-state index in [4.69, 9.17) is 9.47 Å². The van der Waals surface area contributed by atoms with E-state index < -0.39 is 5.41 Å². The van der Waals surface area contributed by atoms with Gasteiger partial charge in [-0.3, -0.25) is 9.59 Å². The smallest absolute Gasteiger partial charge is 0.309 e. The van der Waals surface area contributed by atoms with Gasteiger partial charge in [0, 0.05) is 17.8 Å². The van der Waals surface area contributed by atoms with Crippen molar-refractivity contribution < 1.29 is 19.1 Å². The van der Waals surface area contributed by atoms with Crippen LogP contribution in [0.15, 0.2) is 0 Å². The molecule has 0 N–H and O–H groups in total. The first kappa shape index (κ1) is 20.1. The average molecular weight is 326 g/mol. The molecular formula is C19H34O4. The minimum atomic E-state index is -0.453. The summed E-state index contributed by atoms with van der Waals surface area (Å²) in [6.45, 7) is 14.9. The van der Waals surface area contributed by atoms with Gasteiger partial charge in [0.05, 0.1) is 25.2 Å². The number of hydrogen-bond donors (Lipinski definition) is 0. The third-order valence-electron chi connectivity index (χ3n) is 5.56. The Kier molecular flexibility index (Phi) is 6.81. The Morgan fingerprint density at radius 3 is 2.22 bits per heavy atom. The molecule has 1 rings (SSSR count). The van der Waals surface area contributed by atoms with Crippen LogP contribution in [0, 0.1) is 22.7 Å². The normalized spacial score (nSPS) is 26.7. The molecule has 2 atom stereocenters. The first-order valence-corrected chi connectivity index (χ1v) is 8.86. The maximum absolute atomic E-state index is 12.6. The molecule has 1 fully saturated rings. The van der Waals surface area contributed by atoms with Gasteiger partial charge >= 0.3 is 5.97 Å². The van der Waals surface area contributed by atoms with Crippen LogP contribution < -0.4 is 0 Å². The maximum atomic E-state index is 12.6. The summed E-state index contributed by atoms with van der Waals surface area (Å²) in [5.74, 6) is -0.133. The minimum Gasteiger partial charge on any atom is -0.465 e. The SMILES string of the molecule is CC(C)OCCCOC(=O)[C@H]1CC[C@@](C)(C(=O)C(C)C)C1(C)C. The first-order chi connectivity index (χ1) is 10.5. The van der Waals surface area contributed by atoms with E-state index in [-0.39, 0.29) is 35.1 Å². The second kappa shape index (κ2) is 7.78. The lowest BCUT2D eigenvalue weighted by molar-refractivity contribution is -0.155. The number of hydrogen-bond acceptors (Lipinski definition) is 4. The summed E-state index contributed by atoms with van der Waals surface area (Å²) in [6.07, 6.45) is 2.39. The van der Waals surface area contributed by atoms with Crippen molar-refractivity contribution in [1.29, 1.82) is 0 Å². The molecule has 4 nitrogen and oxygen atoms in total. The molecule has 23 heavy (non-hydrogen) atoms. The number of ether oxygens (including phenoxy) is 2. The Hall–Kier alpha value is -0.900. The molecule has 0 amide bonds. The maximum Gasteiger partial charge on any atom is 0.309 e. The summed E-state index contributed by atoms with van der Waals surface area (Å²) < 4.78 is 10.9. The third-order valence-corrected chi connectivity index (χ3v) is 5.56. The van der Waals surface area contributed by atoms with Gasteiger partial charge in [0.2, 0.25) is 0 Å².